The molecule has 0 unspecified atom stereocenters. The molecule has 0 amide bonds. The molecule has 28 heavy (non-hydrogen) atoms. The van der Waals surface area contributed by atoms with Crippen molar-refractivity contribution in [1.29, 1.82) is 0 Å². The molecule has 0 aromatic heterocycles. The topological polar surface area (TPSA) is 26.3 Å². The smallest absolute Gasteiger partial charge is 0.319 e. The fourth-order valence-electron chi connectivity index (χ4n) is 3.74. The Morgan fingerprint density at radius 3 is 1.64 bits per heavy atom. The number of carbonyl (C=O) groups is 1. The fourth-order valence-corrected chi connectivity index (χ4v) is 8.16. The molecule has 2 nitrogen and oxygen atoms in total. The molecule has 0 N–H and O–H groups in total. The molecule has 0 heterocycles. The van der Waals surface area contributed by atoms with Crippen molar-refractivity contribution in [3.63, 3.8) is 0 Å². The second-order valence-corrected chi connectivity index (χ2v) is 12.3. The van der Waals surface area contributed by atoms with Crippen LogP contribution >= 0.6 is 0 Å². The maximum atomic E-state index is 12.0. The van der Waals surface area contributed by atoms with Gasteiger partial charge in [0.25, 0.3) is 0 Å². The molecule has 3 aromatic rings. The Balaban J connectivity index is 2.15. The van der Waals surface area contributed by atoms with Crippen molar-refractivity contribution in [3.8, 4) is 5.75 Å². The van der Waals surface area contributed by atoms with Gasteiger partial charge in [0.2, 0.25) is 0 Å². The van der Waals surface area contributed by atoms with E-state index in [-0.39, 0.29) is 10.8 Å². The minimum absolute atomic E-state index is 0.0897. The molecule has 0 radical (unpaired) electrons. The van der Waals surface area contributed by atoms with Crippen molar-refractivity contribution in [1.82, 2.24) is 0 Å². The van der Waals surface area contributed by atoms with Crippen LogP contribution in [-0.4, -0.2) is 14.1 Å². The molecule has 3 rings (SSSR count). The number of rotatable bonds is 6. The molecule has 3 aromatic carbocycles. The molecule has 0 atom stereocenters. The largest absolute Gasteiger partial charge is 0.534 e. The summed E-state index contributed by atoms with van der Waals surface area (Å²) in [5.41, 5.74) is 0.734. The van der Waals surface area contributed by atoms with Gasteiger partial charge in [-0.1, -0.05) is 88.4 Å². The summed E-state index contributed by atoms with van der Waals surface area (Å²) in [4.78, 5) is 12.0. The molecule has 0 aliphatic heterocycles. The van der Waals surface area contributed by atoms with Gasteiger partial charge in [0, 0.05) is 12.0 Å². The van der Waals surface area contributed by atoms with Crippen LogP contribution in [0.15, 0.2) is 84.9 Å². The van der Waals surface area contributed by atoms with E-state index in [2.05, 4.69) is 69.3 Å². The molecule has 0 fully saturated rings. The Bertz CT molecular complexity index is 871. The van der Waals surface area contributed by atoms with Crippen molar-refractivity contribution >= 4 is 24.5 Å². The van der Waals surface area contributed by atoms with Crippen LogP contribution in [0.4, 0.5) is 0 Å². The van der Waals surface area contributed by atoms with Gasteiger partial charge in [-0.3, -0.25) is 4.79 Å². The van der Waals surface area contributed by atoms with Gasteiger partial charge in [-0.05, 0) is 39.7 Å². The van der Waals surface area contributed by atoms with Gasteiger partial charge in [0.15, 0.2) is 5.78 Å². The van der Waals surface area contributed by atoms with E-state index < -0.39 is 8.32 Å². The zero-order valence-corrected chi connectivity index (χ0v) is 18.1. The molecule has 0 aliphatic rings. The zero-order valence-electron chi connectivity index (χ0n) is 17.1. The van der Waals surface area contributed by atoms with E-state index in [9.17, 15) is 4.79 Å². The van der Waals surface area contributed by atoms with Crippen LogP contribution in [0.1, 0.15) is 44.5 Å². The van der Waals surface area contributed by atoms with Gasteiger partial charge in [-0.15, -0.1) is 0 Å². The van der Waals surface area contributed by atoms with Crippen LogP contribution in [0.5, 0.6) is 5.75 Å². The van der Waals surface area contributed by atoms with E-state index in [1.807, 2.05) is 43.3 Å². The summed E-state index contributed by atoms with van der Waals surface area (Å²) in [7, 11) is -2.63. The van der Waals surface area contributed by atoms with Gasteiger partial charge >= 0.3 is 8.32 Å². The number of ketones is 1. The molecular weight excluding hydrogens is 360 g/mol. The van der Waals surface area contributed by atoms with Gasteiger partial charge < -0.3 is 4.43 Å². The summed E-state index contributed by atoms with van der Waals surface area (Å²) in [5, 5.41) is 2.39. The summed E-state index contributed by atoms with van der Waals surface area (Å²) in [6, 6.07) is 28.7. The zero-order chi connectivity index (χ0) is 20.2. The van der Waals surface area contributed by atoms with E-state index in [1.54, 1.807) is 0 Å². The van der Waals surface area contributed by atoms with Gasteiger partial charge in [0.1, 0.15) is 5.75 Å². The Morgan fingerprint density at radius 1 is 0.786 bits per heavy atom. The monoisotopic (exact) mass is 388 g/mol. The summed E-state index contributed by atoms with van der Waals surface area (Å²) >= 11 is 0. The van der Waals surface area contributed by atoms with Crippen LogP contribution in [0.2, 0.25) is 5.04 Å². The summed E-state index contributed by atoms with van der Waals surface area (Å²) in [6.07, 6.45) is 0.509. The predicted octanol–water partition coefficient (Wildman–Crippen LogP) is 5.22. The molecule has 0 saturated heterocycles. The molecule has 0 aliphatic carbocycles. The third kappa shape index (κ3) is 3.81. The van der Waals surface area contributed by atoms with E-state index in [0.29, 0.717) is 6.42 Å². The predicted molar refractivity (Wildman–Crippen MR) is 119 cm³/mol. The molecule has 0 saturated carbocycles. The van der Waals surface area contributed by atoms with Crippen molar-refractivity contribution in [3.05, 3.63) is 90.5 Å². The third-order valence-corrected chi connectivity index (χ3v) is 10.1. The quantitative estimate of drug-likeness (QED) is 0.427. The van der Waals surface area contributed by atoms with Crippen molar-refractivity contribution in [2.45, 2.75) is 39.2 Å². The maximum absolute atomic E-state index is 12.0. The van der Waals surface area contributed by atoms with Gasteiger partial charge in [0.05, 0.1) is 0 Å². The van der Waals surface area contributed by atoms with Crippen LogP contribution < -0.4 is 14.8 Å². The number of hydrogen-bond acceptors (Lipinski definition) is 2. The lowest BCUT2D eigenvalue weighted by atomic mass is 10.1. The minimum Gasteiger partial charge on any atom is -0.534 e. The van der Waals surface area contributed by atoms with E-state index >= 15 is 0 Å². The maximum Gasteiger partial charge on any atom is 0.319 e. The molecular formula is C25H28O2Si. The third-order valence-electron chi connectivity index (χ3n) is 5.19. The Labute approximate surface area is 169 Å². The lowest BCUT2D eigenvalue weighted by Gasteiger charge is -2.43. The van der Waals surface area contributed by atoms with E-state index in [1.165, 1.54) is 10.4 Å². The second kappa shape index (κ2) is 8.15. The first-order valence-corrected chi connectivity index (χ1v) is 11.7. The summed E-state index contributed by atoms with van der Waals surface area (Å²) in [6.45, 7) is 8.66. The molecule has 0 bridgehead atoms. The highest BCUT2D eigenvalue weighted by Gasteiger charge is 2.52. The first kappa shape index (κ1) is 20.1. The van der Waals surface area contributed by atoms with Gasteiger partial charge in [-0.25, -0.2) is 0 Å². The first-order valence-electron chi connectivity index (χ1n) is 9.82. The first-order chi connectivity index (χ1) is 13.4. The molecule has 3 heteroatoms. The van der Waals surface area contributed by atoms with Crippen molar-refractivity contribution in [2.75, 3.05) is 0 Å². The molecule has 144 valence electrons. The number of hydrogen-bond donors (Lipinski definition) is 0. The van der Waals surface area contributed by atoms with E-state index in [0.717, 1.165) is 11.3 Å². The minimum atomic E-state index is -2.63. The van der Waals surface area contributed by atoms with Crippen LogP contribution in [0.3, 0.4) is 0 Å². The second-order valence-electron chi connectivity index (χ2n) is 8.07. The highest BCUT2D eigenvalue weighted by Crippen LogP contribution is 2.37. The number of carbonyl (C=O) groups excluding carboxylic acids is 1. The highest BCUT2D eigenvalue weighted by molar-refractivity contribution is 7.00. The number of benzene rings is 3. The average molecular weight is 389 g/mol. The van der Waals surface area contributed by atoms with Crippen molar-refractivity contribution < 1.29 is 9.22 Å². The highest BCUT2D eigenvalue weighted by atomic mass is 28.4. The van der Waals surface area contributed by atoms with Gasteiger partial charge in [-0.2, -0.15) is 0 Å². The normalized spacial score (nSPS) is 11.9. The SMILES string of the molecule is CCC(=O)c1ccc(O[Si](c2ccccc2)(c2ccccc2)C(C)(C)C)cc1. The number of Topliss-reactive ketones (excluding diaryl/α,β-unsaturated/α-hetero) is 1. The lowest BCUT2D eigenvalue weighted by molar-refractivity contribution is 0.0988. The standard InChI is InChI=1S/C25H28O2Si/c1-5-24(26)20-16-18-21(19-17-20)27-28(25(2,3)4,22-12-8-6-9-13-22)23-14-10-7-11-15-23/h6-19H,5H2,1-4H3. The van der Waals surface area contributed by atoms with Crippen LogP contribution in [0.25, 0.3) is 0 Å². The lowest BCUT2D eigenvalue weighted by Crippen LogP contribution is -2.68. The Kier molecular flexibility index (Phi) is 5.85. The molecule has 0 spiro atoms. The summed E-state index contributed by atoms with van der Waals surface area (Å²) < 4.78 is 6.93. The Hall–Kier alpha value is -2.65. The summed E-state index contributed by atoms with van der Waals surface area (Å²) in [5.74, 6) is 0.957. The van der Waals surface area contributed by atoms with Crippen LogP contribution in [0, 0.1) is 0 Å². The van der Waals surface area contributed by atoms with Crippen LogP contribution in [-0.2, 0) is 0 Å². The fraction of sp³-hybridized carbons (Fsp3) is 0.240. The Morgan fingerprint density at radius 2 is 1.25 bits per heavy atom. The average Bonchev–Trinajstić information content (AvgIpc) is 2.72. The van der Waals surface area contributed by atoms with Crippen molar-refractivity contribution in [2.24, 2.45) is 0 Å². The van der Waals surface area contributed by atoms with E-state index in [4.69, 9.17) is 4.43 Å².